The van der Waals surface area contributed by atoms with Gasteiger partial charge in [-0.05, 0) is 29.8 Å². The van der Waals surface area contributed by atoms with Gasteiger partial charge in [0.1, 0.15) is 0 Å². The van der Waals surface area contributed by atoms with Crippen LogP contribution in [0.2, 0.25) is 0 Å². The van der Waals surface area contributed by atoms with E-state index in [1.165, 1.54) is 0 Å². The molecule has 1 N–H and O–H groups in total. The third-order valence-corrected chi connectivity index (χ3v) is 4.61. The zero-order chi connectivity index (χ0) is 18.7. The van der Waals surface area contributed by atoms with Crippen molar-refractivity contribution < 1.29 is 82.9 Å². The van der Waals surface area contributed by atoms with E-state index in [9.17, 15) is 14.4 Å². The molecule has 0 spiro atoms. The van der Waals surface area contributed by atoms with E-state index in [2.05, 4.69) is 10.3 Å². The Morgan fingerprint density at radius 1 is 1.00 bits per heavy atom. The van der Waals surface area contributed by atoms with E-state index >= 15 is 0 Å². The van der Waals surface area contributed by atoms with Crippen LogP contribution in [0.1, 0.15) is 5.56 Å². The molecule has 0 saturated carbocycles. The van der Waals surface area contributed by atoms with E-state index in [1.54, 1.807) is 50.7 Å². The number of anilines is 2. The predicted octanol–water partition coefficient (Wildman–Crippen LogP) is -3.58. The van der Waals surface area contributed by atoms with Crippen molar-refractivity contribution in [1.82, 2.24) is 4.98 Å². The average molecular weight is 418 g/mol. The molecule has 3 aromatic rings. The first kappa shape index (κ1) is 25.4. The molecule has 10 heteroatoms. The molecule has 0 unspecified atom stereocenters. The average Bonchev–Trinajstić information content (AvgIpc) is 2.61. The Hall–Kier alpha value is -0.600. The van der Waals surface area contributed by atoms with Gasteiger partial charge in [0.2, 0.25) is 0 Å². The second-order valence-corrected chi connectivity index (χ2v) is 7.21. The maximum atomic E-state index is 10.9. The van der Waals surface area contributed by atoms with Crippen LogP contribution in [-0.4, -0.2) is 19.2 Å². The molecule has 1 heterocycles. The molecule has 7 nitrogen and oxygen atoms in total. The zero-order valence-corrected chi connectivity index (χ0v) is 21.2. The number of nitrogens with zero attached hydrogens (tertiary/aromatic N) is 1. The summed E-state index contributed by atoms with van der Waals surface area (Å²) in [5.74, 6) is 1.18. The summed E-state index contributed by atoms with van der Waals surface area (Å²) in [4.78, 5) is 26.1. The molecule has 0 aliphatic rings. The van der Waals surface area contributed by atoms with Gasteiger partial charge in [0.15, 0.2) is 11.5 Å². The van der Waals surface area contributed by atoms with Gasteiger partial charge in [-0.2, -0.15) is 0 Å². The molecule has 0 atom stereocenters. The zero-order valence-electron chi connectivity index (χ0n) is 16.3. The topological polar surface area (TPSA) is 107 Å². The molecule has 2 aromatic carbocycles. The number of benzene rings is 2. The fourth-order valence-electron chi connectivity index (χ4n) is 2.65. The van der Waals surface area contributed by atoms with Crippen LogP contribution in [0.3, 0.4) is 0 Å². The van der Waals surface area contributed by atoms with Crippen LogP contribution in [0.4, 0.5) is 11.4 Å². The summed E-state index contributed by atoms with van der Waals surface area (Å²) in [5, 5.41) is 4.11. The Bertz CT molecular complexity index is 980. The van der Waals surface area contributed by atoms with E-state index in [1.807, 2.05) is 12.1 Å². The van der Waals surface area contributed by atoms with Gasteiger partial charge in [-0.1, -0.05) is 19.7 Å². The molecule has 1 aromatic heterocycles. The summed E-state index contributed by atoms with van der Waals surface area (Å²) in [6.45, 7) is 0. The van der Waals surface area contributed by atoms with E-state index < -0.39 is 13.8 Å². The van der Waals surface area contributed by atoms with E-state index in [0.717, 1.165) is 22.3 Å². The minimum Gasteiger partial charge on any atom is -0.810 e. The first-order chi connectivity index (χ1) is 12.4. The number of ether oxygens (including phenoxy) is 2. The van der Waals surface area contributed by atoms with Crippen LogP contribution in [0.15, 0.2) is 48.7 Å². The maximum Gasteiger partial charge on any atom is 1.00 e. The molecular weight excluding hydrogens is 401 g/mol. The molecule has 0 fully saturated rings. The summed E-state index contributed by atoms with van der Waals surface area (Å²) in [5.41, 5.74) is 2.75. The Kier molecular flexibility index (Phi) is 9.97. The second-order valence-electron chi connectivity index (χ2n) is 5.67. The molecular formula is C18H17N2Na2O5P. The van der Waals surface area contributed by atoms with Gasteiger partial charge in [0.05, 0.1) is 19.7 Å². The van der Waals surface area contributed by atoms with Gasteiger partial charge >= 0.3 is 59.1 Å². The number of methoxy groups -OCH3 is 2. The van der Waals surface area contributed by atoms with Crippen molar-refractivity contribution in [3.8, 4) is 11.5 Å². The summed E-state index contributed by atoms with van der Waals surface area (Å²) in [6, 6.07) is 12.1. The van der Waals surface area contributed by atoms with Gasteiger partial charge < -0.3 is 29.1 Å². The minimum absolute atomic E-state index is 0. The molecule has 136 valence electrons. The van der Waals surface area contributed by atoms with Crippen molar-refractivity contribution >= 4 is 29.9 Å². The smallest absolute Gasteiger partial charge is 0.810 e. The Balaban J connectivity index is 0.00000196. The standard InChI is InChI=1S/C18H19N2O5P.2Na/c1-24-17-9-14-15(7-8-19-16(14)10-18(17)25-2)20-13-5-3-12(4-6-13)11-26(21,22)23;;/h3-10H,11H2,1-2H3,(H,19,20)(H2,21,22,23);;/q;2*+1/p-2. The summed E-state index contributed by atoms with van der Waals surface area (Å²) in [6.07, 6.45) is 1.18. The molecule has 0 amide bonds. The van der Waals surface area contributed by atoms with Crippen molar-refractivity contribution in [2.75, 3.05) is 19.5 Å². The van der Waals surface area contributed by atoms with Gasteiger partial charge in [0.25, 0.3) is 0 Å². The quantitative estimate of drug-likeness (QED) is 0.326. The summed E-state index contributed by atoms with van der Waals surface area (Å²) < 4.78 is 21.5. The first-order valence-electron chi connectivity index (χ1n) is 7.77. The van der Waals surface area contributed by atoms with E-state index in [0.29, 0.717) is 17.1 Å². The number of nitrogens with one attached hydrogen (secondary N) is 1. The van der Waals surface area contributed by atoms with Gasteiger partial charge in [0, 0.05) is 35.2 Å². The van der Waals surface area contributed by atoms with Crippen molar-refractivity contribution in [3.05, 3.63) is 54.2 Å². The summed E-state index contributed by atoms with van der Waals surface area (Å²) >= 11 is 0. The second kappa shape index (κ2) is 11.0. The van der Waals surface area contributed by atoms with Crippen LogP contribution < -0.4 is 83.7 Å². The Labute approximate surface area is 207 Å². The largest absolute Gasteiger partial charge is 1.00 e. The first-order valence-corrected chi connectivity index (χ1v) is 9.50. The SMILES string of the molecule is COc1cc2nccc(Nc3ccc(CP(=O)([O-])[O-])cc3)c2cc1OC.[Na+].[Na+]. The molecule has 0 aliphatic carbocycles. The van der Waals surface area contributed by atoms with Crippen molar-refractivity contribution in [2.45, 2.75) is 6.16 Å². The molecule has 0 saturated heterocycles. The molecule has 3 rings (SSSR count). The van der Waals surface area contributed by atoms with Gasteiger partial charge in [-0.25, -0.2) is 0 Å². The third kappa shape index (κ3) is 6.46. The fourth-order valence-corrected chi connectivity index (χ4v) is 3.31. The van der Waals surface area contributed by atoms with Crippen molar-refractivity contribution in [2.24, 2.45) is 0 Å². The number of rotatable bonds is 6. The van der Waals surface area contributed by atoms with Crippen LogP contribution in [-0.2, 0) is 10.7 Å². The van der Waals surface area contributed by atoms with E-state index in [4.69, 9.17) is 9.47 Å². The number of aromatic nitrogens is 1. The molecule has 0 bridgehead atoms. The molecule has 0 radical (unpaired) electrons. The number of pyridine rings is 1. The number of fused-ring (bicyclic) bond motifs is 1. The number of hydrogen-bond donors (Lipinski definition) is 1. The fraction of sp³-hybridized carbons (Fsp3) is 0.167. The molecule has 0 aliphatic heterocycles. The normalized spacial score (nSPS) is 10.6. The van der Waals surface area contributed by atoms with Crippen LogP contribution in [0.5, 0.6) is 11.5 Å². The van der Waals surface area contributed by atoms with Crippen LogP contribution >= 0.6 is 7.60 Å². The Morgan fingerprint density at radius 3 is 2.18 bits per heavy atom. The van der Waals surface area contributed by atoms with Crippen molar-refractivity contribution in [1.29, 1.82) is 0 Å². The third-order valence-electron chi connectivity index (χ3n) is 3.86. The summed E-state index contributed by atoms with van der Waals surface area (Å²) in [7, 11) is -1.44. The molecule has 28 heavy (non-hydrogen) atoms. The maximum absolute atomic E-state index is 10.9. The van der Waals surface area contributed by atoms with Crippen LogP contribution in [0, 0.1) is 0 Å². The van der Waals surface area contributed by atoms with Gasteiger partial charge in [-0.3, -0.25) is 4.98 Å². The monoisotopic (exact) mass is 418 g/mol. The van der Waals surface area contributed by atoms with E-state index in [-0.39, 0.29) is 59.1 Å². The van der Waals surface area contributed by atoms with Gasteiger partial charge in [-0.15, -0.1) is 0 Å². The predicted molar refractivity (Wildman–Crippen MR) is 95.9 cm³/mol. The van der Waals surface area contributed by atoms with Crippen LogP contribution in [0.25, 0.3) is 10.9 Å². The minimum atomic E-state index is -4.57. The number of hydrogen-bond acceptors (Lipinski definition) is 7. The van der Waals surface area contributed by atoms with Crippen molar-refractivity contribution in [3.63, 3.8) is 0 Å². The Morgan fingerprint density at radius 2 is 1.61 bits per heavy atom.